The van der Waals surface area contributed by atoms with Gasteiger partial charge in [0.2, 0.25) is 0 Å². The first-order chi connectivity index (χ1) is 13.2. The third-order valence-electron chi connectivity index (χ3n) is 4.84. The average molecular weight is 497 g/mol. The van der Waals surface area contributed by atoms with Crippen molar-refractivity contribution in [3.05, 3.63) is 48.0 Å². The van der Waals surface area contributed by atoms with Gasteiger partial charge in [-0.05, 0) is 37.1 Å². The van der Waals surface area contributed by atoms with Gasteiger partial charge in [-0.1, -0.05) is 25.3 Å². The van der Waals surface area contributed by atoms with Crippen LogP contribution in [-0.4, -0.2) is 37.6 Å². The van der Waals surface area contributed by atoms with Gasteiger partial charge in [0.15, 0.2) is 5.96 Å². The summed E-state index contributed by atoms with van der Waals surface area (Å²) in [7, 11) is 4.00. The predicted molar refractivity (Wildman–Crippen MR) is 126 cm³/mol. The number of hydrogen-bond acceptors (Lipinski definition) is 4. The van der Waals surface area contributed by atoms with Crippen molar-refractivity contribution < 1.29 is 4.42 Å². The van der Waals surface area contributed by atoms with Crippen molar-refractivity contribution in [2.45, 2.75) is 51.1 Å². The highest BCUT2D eigenvalue weighted by Crippen LogP contribution is 2.17. The van der Waals surface area contributed by atoms with Crippen LogP contribution in [0.25, 0.3) is 0 Å². The molecule has 0 aliphatic heterocycles. The van der Waals surface area contributed by atoms with E-state index < -0.39 is 0 Å². The van der Waals surface area contributed by atoms with Crippen molar-refractivity contribution in [2.24, 2.45) is 4.99 Å². The molecule has 0 bridgehead atoms. The van der Waals surface area contributed by atoms with Gasteiger partial charge in [-0.15, -0.1) is 24.0 Å². The van der Waals surface area contributed by atoms with Crippen molar-refractivity contribution >= 4 is 35.8 Å². The average Bonchev–Trinajstić information content (AvgIpc) is 3.20. The van der Waals surface area contributed by atoms with E-state index in [1.165, 1.54) is 32.1 Å². The molecule has 1 aliphatic carbocycles. The smallest absolute Gasteiger partial charge is 0.191 e. The third-order valence-corrected chi connectivity index (χ3v) is 4.84. The van der Waals surface area contributed by atoms with E-state index in [1.807, 2.05) is 49.3 Å². The first-order valence-corrected chi connectivity index (χ1v) is 9.91. The molecule has 2 heterocycles. The standard InChI is InChI=1S/C21H31N5O.HI/c1-26(2)20-12-6-10-18(24-20)16-23-21(25-17-8-4-3-5-9-17)22-14-13-19-11-7-15-27-19;/h6-7,10-12,15,17H,3-5,8-9,13-14,16H2,1-2H3,(H2,22,23,25);1H. The molecule has 0 saturated heterocycles. The molecule has 0 radical (unpaired) electrons. The first-order valence-electron chi connectivity index (χ1n) is 9.91. The summed E-state index contributed by atoms with van der Waals surface area (Å²) < 4.78 is 5.42. The number of nitrogens with one attached hydrogen (secondary N) is 2. The number of furan rings is 1. The first kappa shape index (κ1) is 22.5. The molecule has 2 aromatic heterocycles. The molecular weight excluding hydrogens is 465 g/mol. The van der Waals surface area contributed by atoms with Crippen molar-refractivity contribution in [3.63, 3.8) is 0 Å². The Labute approximate surface area is 185 Å². The number of aromatic nitrogens is 1. The third kappa shape index (κ3) is 7.33. The molecule has 2 N–H and O–H groups in total. The van der Waals surface area contributed by atoms with Crippen molar-refractivity contribution in [1.82, 2.24) is 15.6 Å². The zero-order chi connectivity index (χ0) is 18.9. The van der Waals surface area contributed by atoms with Gasteiger partial charge in [-0.2, -0.15) is 0 Å². The van der Waals surface area contributed by atoms with Gasteiger partial charge in [0.25, 0.3) is 0 Å². The number of guanidine groups is 1. The summed E-state index contributed by atoms with van der Waals surface area (Å²) in [5.74, 6) is 2.81. The maximum Gasteiger partial charge on any atom is 0.191 e. The lowest BCUT2D eigenvalue weighted by atomic mass is 9.96. The van der Waals surface area contributed by atoms with Crippen LogP contribution >= 0.6 is 24.0 Å². The number of halogens is 1. The molecule has 7 heteroatoms. The van der Waals surface area contributed by atoms with Gasteiger partial charge in [-0.25, -0.2) is 9.98 Å². The van der Waals surface area contributed by atoms with E-state index in [0.29, 0.717) is 12.6 Å². The topological polar surface area (TPSA) is 65.7 Å². The highest BCUT2D eigenvalue weighted by atomic mass is 127. The molecular formula is C21H32IN5O. The Bertz CT molecular complexity index is 711. The minimum atomic E-state index is 0. The van der Waals surface area contributed by atoms with Crippen LogP contribution in [-0.2, 0) is 13.0 Å². The molecule has 1 aliphatic rings. The SMILES string of the molecule is CN(C)c1cccc(CN=C(NCCc2ccco2)NC2CCCCC2)n1.I. The normalized spacial score (nSPS) is 15.0. The lowest BCUT2D eigenvalue weighted by Gasteiger charge is -2.25. The zero-order valence-corrected chi connectivity index (χ0v) is 19.2. The largest absolute Gasteiger partial charge is 0.469 e. The summed E-state index contributed by atoms with van der Waals surface area (Å²) in [6.07, 6.45) is 8.92. The van der Waals surface area contributed by atoms with Gasteiger partial charge in [0.05, 0.1) is 18.5 Å². The maximum absolute atomic E-state index is 5.42. The van der Waals surface area contributed by atoms with Gasteiger partial charge in [0.1, 0.15) is 11.6 Å². The van der Waals surface area contributed by atoms with Gasteiger partial charge in [0, 0.05) is 33.1 Å². The van der Waals surface area contributed by atoms with Crippen LogP contribution in [0, 0.1) is 0 Å². The second kappa shape index (κ2) is 11.9. The Balaban J connectivity index is 0.00000280. The molecule has 0 amide bonds. The predicted octanol–water partition coefficient (Wildman–Crippen LogP) is 3.97. The molecule has 0 atom stereocenters. The second-order valence-electron chi connectivity index (χ2n) is 7.28. The van der Waals surface area contributed by atoms with E-state index in [9.17, 15) is 0 Å². The summed E-state index contributed by atoms with van der Waals surface area (Å²) in [5, 5.41) is 7.07. The number of anilines is 1. The van der Waals surface area contributed by atoms with Crippen LogP contribution in [0.2, 0.25) is 0 Å². The van der Waals surface area contributed by atoms with E-state index in [1.54, 1.807) is 6.26 Å². The highest BCUT2D eigenvalue weighted by molar-refractivity contribution is 14.0. The van der Waals surface area contributed by atoms with E-state index in [4.69, 9.17) is 9.41 Å². The summed E-state index contributed by atoms with van der Waals surface area (Å²) in [5.41, 5.74) is 0.969. The van der Waals surface area contributed by atoms with Crippen LogP contribution in [0.1, 0.15) is 43.6 Å². The lowest BCUT2D eigenvalue weighted by molar-refractivity contribution is 0.409. The summed E-state index contributed by atoms with van der Waals surface area (Å²) >= 11 is 0. The molecule has 2 aromatic rings. The Hall–Kier alpha value is -1.77. The van der Waals surface area contributed by atoms with Gasteiger partial charge in [-0.3, -0.25) is 0 Å². The fraction of sp³-hybridized carbons (Fsp3) is 0.524. The minimum absolute atomic E-state index is 0. The molecule has 0 aromatic carbocycles. The highest BCUT2D eigenvalue weighted by Gasteiger charge is 2.14. The molecule has 0 unspecified atom stereocenters. The Morgan fingerprint density at radius 1 is 1.18 bits per heavy atom. The van der Waals surface area contributed by atoms with Gasteiger partial charge < -0.3 is 20.0 Å². The number of hydrogen-bond donors (Lipinski definition) is 2. The monoisotopic (exact) mass is 497 g/mol. The number of pyridine rings is 1. The van der Waals surface area contributed by atoms with E-state index >= 15 is 0 Å². The van der Waals surface area contributed by atoms with Crippen LogP contribution in [0.3, 0.4) is 0 Å². The quantitative estimate of drug-likeness (QED) is 0.345. The lowest BCUT2D eigenvalue weighted by Crippen LogP contribution is -2.44. The van der Waals surface area contributed by atoms with Crippen LogP contribution in [0.15, 0.2) is 46.0 Å². The summed E-state index contributed by atoms with van der Waals surface area (Å²) in [6.45, 7) is 1.35. The molecule has 0 spiro atoms. The molecule has 28 heavy (non-hydrogen) atoms. The van der Waals surface area contributed by atoms with Crippen molar-refractivity contribution in [3.8, 4) is 0 Å². The maximum atomic E-state index is 5.42. The molecule has 154 valence electrons. The second-order valence-corrected chi connectivity index (χ2v) is 7.28. The van der Waals surface area contributed by atoms with Crippen molar-refractivity contribution in [2.75, 3.05) is 25.5 Å². The van der Waals surface area contributed by atoms with Crippen molar-refractivity contribution in [1.29, 1.82) is 0 Å². The van der Waals surface area contributed by atoms with Gasteiger partial charge >= 0.3 is 0 Å². The Kier molecular flexibility index (Phi) is 9.60. The Morgan fingerprint density at radius 2 is 2.00 bits per heavy atom. The molecule has 3 rings (SSSR count). The van der Waals surface area contributed by atoms with Crippen LogP contribution in [0.4, 0.5) is 5.82 Å². The summed E-state index contributed by atoms with van der Waals surface area (Å²) in [6, 6.07) is 10.5. The zero-order valence-electron chi connectivity index (χ0n) is 16.9. The van der Waals surface area contributed by atoms with Crippen LogP contribution < -0.4 is 15.5 Å². The van der Waals surface area contributed by atoms with E-state index in [2.05, 4.69) is 15.6 Å². The number of aliphatic imine (C=N–C) groups is 1. The fourth-order valence-corrected chi connectivity index (χ4v) is 3.32. The Morgan fingerprint density at radius 3 is 2.71 bits per heavy atom. The minimum Gasteiger partial charge on any atom is -0.469 e. The van der Waals surface area contributed by atoms with E-state index in [0.717, 1.165) is 36.2 Å². The fourth-order valence-electron chi connectivity index (χ4n) is 3.32. The molecule has 1 fully saturated rings. The van der Waals surface area contributed by atoms with E-state index in [-0.39, 0.29) is 24.0 Å². The molecule has 1 saturated carbocycles. The van der Waals surface area contributed by atoms with Crippen LogP contribution in [0.5, 0.6) is 0 Å². The number of nitrogens with zero attached hydrogens (tertiary/aromatic N) is 3. The molecule has 6 nitrogen and oxygen atoms in total. The summed E-state index contributed by atoms with van der Waals surface area (Å²) in [4.78, 5) is 11.5. The number of rotatable bonds is 7.